The second-order valence-corrected chi connectivity index (χ2v) is 6.51. The molecule has 0 radical (unpaired) electrons. The van der Waals surface area contributed by atoms with Crippen molar-refractivity contribution in [3.63, 3.8) is 0 Å². The first-order valence-electron chi connectivity index (χ1n) is 9.25. The lowest BCUT2D eigenvalue weighted by molar-refractivity contribution is 0.0979. The minimum Gasteiger partial charge on any atom is -0.307 e. The zero-order chi connectivity index (χ0) is 20.1. The smallest absolute Gasteiger partial charge is 0.282 e. The molecule has 0 saturated heterocycles. The molecule has 5 nitrogen and oxygen atoms in total. The average Bonchev–Trinajstić information content (AvgIpc) is 2.70. The number of aryl methyl sites for hydroxylation is 1. The van der Waals surface area contributed by atoms with Gasteiger partial charge in [-0.05, 0) is 37.6 Å². The summed E-state index contributed by atoms with van der Waals surface area (Å²) in [7, 11) is 0. The van der Waals surface area contributed by atoms with E-state index >= 15 is 0 Å². The summed E-state index contributed by atoms with van der Waals surface area (Å²) in [5, 5.41) is 4.23. The predicted molar refractivity (Wildman–Crippen MR) is 108 cm³/mol. The van der Waals surface area contributed by atoms with Crippen molar-refractivity contribution >= 4 is 11.6 Å². The number of anilines is 1. The van der Waals surface area contributed by atoms with Crippen LogP contribution in [-0.2, 0) is 0 Å². The maximum Gasteiger partial charge on any atom is 0.282 e. The summed E-state index contributed by atoms with van der Waals surface area (Å²) in [6.45, 7) is 4.15. The van der Waals surface area contributed by atoms with E-state index in [1.165, 1.54) is 16.8 Å². The van der Waals surface area contributed by atoms with Crippen molar-refractivity contribution < 1.29 is 9.18 Å². The van der Waals surface area contributed by atoms with Crippen molar-refractivity contribution in [1.82, 2.24) is 9.78 Å². The molecule has 0 spiro atoms. The molecule has 6 heteroatoms. The van der Waals surface area contributed by atoms with Gasteiger partial charge in [0.05, 0.1) is 0 Å². The SMILES string of the molecule is CCCCN(C(=O)c1nn(-c2ccccc2F)c(C)cc1=O)c1ccccc1. The van der Waals surface area contributed by atoms with Gasteiger partial charge in [0.15, 0.2) is 5.69 Å². The second kappa shape index (κ2) is 8.61. The number of carbonyl (C=O) groups is 1. The number of unbranched alkanes of at least 4 members (excludes halogenated alkanes) is 1. The number of benzene rings is 2. The van der Waals surface area contributed by atoms with Crippen molar-refractivity contribution in [2.45, 2.75) is 26.7 Å². The third-order valence-electron chi connectivity index (χ3n) is 4.44. The number of rotatable bonds is 6. The van der Waals surface area contributed by atoms with Gasteiger partial charge < -0.3 is 4.90 Å². The van der Waals surface area contributed by atoms with E-state index in [4.69, 9.17) is 0 Å². The van der Waals surface area contributed by atoms with Gasteiger partial charge in [-0.2, -0.15) is 5.10 Å². The summed E-state index contributed by atoms with van der Waals surface area (Å²) in [6, 6.07) is 16.6. The molecule has 2 aromatic carbocycles. The minimum absolute atomic E-state index is 0.189. The van der Waals surface area contributed by atoms with E-state index in [1.54, 1.807) is 30.0 Å². The molecule has 0 aliphatic carbocycles. The number of halogens is 1. The summed E-state index contributed by atoms with van der Waals surface area (Å²) in [5.74, 6) is -0.971. The highest BCUT2D eigenvalue weighted by Gasteiger charge is 2.23. The molecule has 144 valence electrons. The molecule has 0 aliphatic heterocycles. The Morgan fingerprint density at radius 3 is 2.46 bits per heavy atom. The topological polar surface area (TPSA) is 55.2 Å². The molecule has 28 heavy (non-hydrogen) atoms. The number of carbonyl (C=O) groups excluding carboxylic acids is 1. The number of aromatic nitrogens is 2. The molecule has 1 aromatic heterocycles. The van der Waals surface area contributed by atoms with E-state index in [9.17, 15) is 14.0 Å². The number of hydrogen-bond donors (Lipinski definition) is 0. The standard InChI is InChI=1S/C22H22FN3O2/c1-3-4-14-25(17-10-6-5-7-11-17)22(28)21-20(27)15-16(2)26(24-21)19-13-9-8-12-18(19)23/h5-13,15H,3-4,14H2,1-2H3. The van der Waals surface area contributed by atoms with Gasteiger partial charge >= 0.3 is 0 Å². The number of para-hydroxylation sites is 2. The summed E-state index contributed by atoms with van der Waals surface area (Å²) in [6.07, 6.45) is 1.69. The Morgan fingerprint density at radius 1 is 1.11 bits per heavy atom. The van der Waals surface area contributed by atoms with E-state index in [0.29, 0.717) is 17.9 Å². The van der Waals surface area contributed by atoms with Crippen molar-refractivity contribution in [2.24, 2.45) is 0 Å². The fourth-order valence-electron chi connectivity index (χ4n) is 2.96. The zero-order valence-corrected chi connectivity index (χ0v) is 15.9. The molecule has 3 aromatic rings. The Labute approximate surface area is 163 Å². The van der Waals surface area contributed by atoms with Crippen molar-refractivity contribution in [3.8, 4) is 5.69 Å². The van der Waals surface area contributed by atoms with Gasteiger partial charge in [-0.3, -0.25) is 9.59 Å². The normalized spacial score (nSPS) is 10.7. The molecule has 0 unspecified atom stereocenters. The van der Waals surface area contributed by atoms with Crippen molar-refractivity contribution in [1.29, 1.82) is 0 Å². The van der Waals surface area contributed by atoms with E-state index in [0.717, 1.165) is 12.8 Å². The summed E-state index contributed by atoms with van der Waals surface area (Å²) < 4.78 is 15.5. The van der Waals surface area contributed by atoms with Crippen LogP contribution in [-0.4, -0.2) is 22.2 Å². The number of nitrogens with zero attached hydrogens (tertiary/aromatic N) is 3. The molecule has 0 N–H and O–H groups in total. The Balaban J connectivity index is 2.08. The van der Waals surface area contributed by atoms with Crippen LogP contribution in [0.1, 0.15) is 35.9 Å². The van der Waals surface area contributed by atoms with Crippen LogP contribution < -0.4 is 10.3 Å². The van der Waals surface area contributed by atoms with Crippen LogP contribution in [0.5, 0.6) is 0 Å². The maximum atomic E-state index is 14.2. The summed E-state index contributed by atoms with van der Waals surface area (Å²) in [4.78, 5) is 27.3. The molecule has 3 rings (SSSR count). The van der Waals surface area contributed by atoms with Gasteiger partial charge in [-0.1, -0.05) is 43.7 Å². The first-order chi connectivity index (χ1) is 13.5. The van der Waals surface area contributed by atoms with Crippen molar-refractivity contribution in [2.75, 3.05) is 11.4 Å². The zero-order valence-electron chi connectivity index (χ0n) is 15.9. The Bertz CT molecular complexity index is 1030. The lowest BCUT2D eigenvalue weighted by atomic mass is 10.2. The van der Waals surface area contributed by atoms with Gasteiger partial charge in [0.25, 0.3) is 5.91 Å². The fraction of sp³-hybridized carbons (Fsp3) is 0.227. The highest BCUT2D eigenvalue weighted by molar-refractivity contribution is 6.04. The maximum absolute atomic E-state index is 14.2. The molecule has 0 atom stereocenters. The van der Waals surface area contributed by atoms with Crippen LogP contribution in [0.15, 0.2) is 65.5 Å². The molecule has 0 saturated carbocycles. The van der Waals surface area contributed by atoms with Gasteiger partial charge in [-0.15, -0.1) is 0 Å². The van der Waals surface area contributed by atoms with E-state index in [-0.39, 0.29) is 11.4 Å². The lowest BCUT2D eigenvalue weighted by Crippen LogP contribution is -2.37. The second-order valence-electron chi connectivity index (χ2n) is 6.51. The van der Waals surface area contributed by atoms with Gasteiger partial charge in [0.1, 0.15) is 11.5 Å². The van der Waals surface area contributed by atoms with Crippen molar-refractivity contribution in [3.05, 3.63) is 88.1 Å². The molecule has 0 bridgehead atoms. The van der Waals surface area contributed by atoms with Crippen LogP contribution >= 0.6 is 0 Å². The molecule has 1 heterocycles. The Hall–Kier alpha value is -3.28. The van der Waals surface area contributed by atoms with Crippen LogP contribution in [0.2, 0.25) is 0 Å². The van der Waals surface area contributed by atoms with E-state index < -0.39 is 17.2 Å². The third-order valence-corrected chi connectivity index (χ3v) is 4.44. The van der Waals surface area contributed by atoms with Crippen LogP contribution in [0.3, 0.4) is 0 Å². The fourth-order valence-corrected chi connectivity index (χ4v) is 2.96. The highest BCUT2D eigenvalue weighted by atomic mass is 19.1. The van der Waals surface area contributed by atoms with Gasteiger partial charge in [0, 0.05) is 24.0 Å². The van der Waals surface area contributed by atoms with Crippen LogP contribution in [0.4, 0.5) is 10.1 Å². The molecule has 0 aliphatic rings. The highest BCUT2D eigenvalue weighted by Crippen LogP contribution is 2.18. The summed E-state index contributed by atoms with van der Waals surface area (Å²) >= 11 is 0. The number of hydrogen-bond acceptors (Lipinski definition) is 3. The first-order valence-corrected chi connectivity index (χ1v) is 9.25. The van der Waals surface area contributed by atoms with Gasteiger partial charge in [-0.25, -0.2) is 9.07 Å². The Morgan fingerprint density at radius 2 is 1.79 bits per heavy atom. The van der Waals surface area contributed by atoms with Crippen LogP contribution in [0, 0.1) is 12.7 Å². The molecular formula is C22H22FN3O2. The summed E-state index contributed by atoms with van der Waals surface area (Å²) in [5.41, 5.74) is 0.627. The first kappa shape index (κ1) is 19.5. The molecular weight excluding hydrogens is 357 g/mol. The lowest BCUT2D eigenvalue weighted by Gasteiger charge is -2.22. The Kier molecular flexibility index (Phi) is 5.99. The van der Waals surface area contributed by atoms with Crippen LogP contribution in [0.25, 0.3) is 5.69 Å². The number of amides is 1. The average molecular weight is 379 g/mol. The van der Waals surface area contributed by atoms with E-state index in [1.807, 2.05) is 37.3 Å². The third kappa shape index (κ3) is 4.01. The molecule has 1 amide bonds. The minimum atomic E-state index is -0.491. The quantitative estimate of drug-likeness (QED) is 0.647. The van der Waals surface area contributed by atoms with Gasteiger partial charge in [0.2, 0.25) is 5.43 Å². The monoisotopic (exact) mass is 379 g/mol. The predicted octanol–water partition coefficient (Wildman–Crippen LogP) is 4.13. The van der Waals surface area contributed by atoms with E-state index in [2.05, 4.69) is 5.10 Å². The largest absolute Gasteiger partial charge is 0.307 e. The molecule has 0 fully saturated rings.